The van der Waals surface area contributed by atoms with Gasteiger partial charge in [0.05, 0.1) is 5.60 Å². The molecule has 15 heavy (non-hydrogen) atoms. The number of hydrogen-bond acceptors (Lipinski definition) is 1. The molecule has 0 bridgehead atoms. The Labute approximate surface area is 94.6 Å². The van der Waals surface area contributed by atoms with Crippen LogP contribution < -0.4 is 0 Å². The Morgan fingerprint density at radius 3 is 2.47 bits per heavy atom. The second kappa shape index (κ2) is 4.29. The highest BCUT2D eigenvalue weighted by atomic mass is 16.3. The average molecular weight is 210 g/mol. The topological polar surface area (TPSA) is 20.2 Å². The molecule has 1 N–H and O–H groups in total. The van der Waals surface area contributed by atoms with Crippen molar-refractivity contribution in [1.82, 2.24) is 0 Å². The molecule has 0 aromatic rings. The summed E-state index contributed by atoms with van der Waals surface area (Å²) in [6, 6.07) is 0. The van der Waals surface area contributed by atoms with E-state index in [2.05, 4.69) is 26.8 Å². The summed E-state index contributed by atoms with van der Waals surface area (Å²) >= 11 is 0. The SMILES string of the molecule is CC1=CCC(CCCC(C)(C)O)C1(C)C. The van der Waals surface area contributed by atoms with E-state index in [1.165, 1.54) is 18.4 Å². The van der Waals surface area contributed by atoms with Gasteiger partial charge in [0.25, 0.3) is 0 Å². The highest BCUT2D eigenvalue weighted by molar-refractivity contribution is 5.18. The van der Waals surface area contributed by atoms with E-state index in [0.29, 0.717) is 5.41 Å². The molecule has 0 aromatic carbocycles. The first-order valence-electron chi connectivity index (χ1n) is 6.13. The number of aliphatic hydroxyl groups is 1. The van der Waals surface area contributed by atoms with E-state index < -0.39 is 5.60 Å². The van der Waals surface area contributed by atoms with Gasteiger partial charge in [-0.1, -0.05) is 31.9 Å². The van der Waals surface area contributed by atoms with Gasteiger partial charge in [0.1, 0.15) is 0 Å². The van der Waals surface area contributed by atoms with Gasteiger partial charge in [-0.2, -0.15) is 0 Å². The Morgan fingerprint density at radius 2 is 2.07 bits per heavy atom. The van der Waals surface area contributed by atoms with Crippen molar-refractivity contribution in [3.63, 3.8) is 0 Å². The van der Waals surface area contributed by atoms with E-state index in [9.17, 15) is 5.11 Å². The van der Waals surface area contributed by atoms with Crippen molar-refractivity contribution in [2.24, 2.45) is 11.3 Å². The molecular formula is C14H26O. The Kier molecular flexibility index (Phi) is 3.65. The molecule has 88 valence electrons. The molecule has 0 amide bonds. The molecule has 1 rings (SSSR count). The smallest absolute Gasteiger partial charge is 0.0591 e. The normalized spacial score (nSPS) is 25.5. The van der Waals surface area contributed by atoms with Crippen molar-refractivity contribution in [2.75, 3.05) is 0 Å². The average Bonchev–Trinajstić information content (AvgIpc) is 2.29. The van der Waals surface area contributed by atoms with Crippen LogP contribution in [0.4, 0.5) is 0 Å². The van der Waals surface area contributed by atoms with Crippen molar-refractivity contribution in [2.45, 2.75) is 65.9 Å². The van der Waals surface area contributed by atoms with E-state index in [4.69, 9.17) is 0 Å². The molecule has 1 aliphatic carbocycles. The van der Waals surface area contributed by atoms with E-state index in [1.807, 2.05) is 13.8 Å². The van der Waals surface area contributed by atoms with Crippen molar-refractivity contribution in [3.05, 3.63) is 11.6 Å². The molecule has 1 unspecified atom stereocenters. The maximum atomic E-state index is 9.66. The zero-order valence-corrected chi connectivity index (χ0v) is 10.9. The monoisotopic (exact) mass is 210 g/mol. The number of hydrogen-bond donors (Lipinski definition) is 1. The lowest BCUT2D eigenvalue weighted by atomic mass is 9.75. The van der Waals surface area contributed by atoms with Gasteiger partial charge in [0.15, 0.2) is 0 Å². The fourth-order valence-corrected chi connectivity index (χ4v) is 2.46. The van der Waals surface area contributed by atoms with Gasteiger partial charge in [0.2, 0.25) is 0 Å². The van der Waals surface area contributed by atoms with Gasteiger partial charge < -0.3 is 5.11 Å². The van der Waals surface area contributed by atoms with E-state index >= 15 is 0 Å². The van der Waals surface area contributed by atoms with E-state index in [1.54, 1.807) is 0 Å². The number of allylic oxidation sites excluding steroid dienone is 2. The van der Waals surface area contributed by atoms with Crippen LogP contribution in [0.3, 0.4) is 0 Å². The Morgan fingerprint density at radius 1 is 1.47 bits per heavy atom. The molecule has 1 atom stereocenters. The minimum atomic E-state index is -0.495. The summed E-state index contributed by atoms with van der Waals surface area (Å²) in [7, 11) is 0. The third-order valence-electron chi connectivity index (χ3n) is 4.09. The summed E-state index contributed by atoms with van der Waals surface area (Å²) in [5.41, 5.74) is 1.42. The second-order valence-corrected chi connectivity index (χ2v) is 6.25. The lowest BCUT2D eigenvalue weighted by Crippen LogP contribution is -2.22. The zero-order valence-electron chi connectivity index (χ0n) is 10.9. The molecule has 0 saturated carbocycles. The minimum Gasteiger partial charge on any atom is -0.390 e. The molecule has 0 radical (unpaired) electrons. The molecule has 0 fully saturated rings. The largest absolute Gasteiger partial charge is 0.390 e. The molecule has 1 nitrogen and oxygen atoms in total. The first-order chi connectivity index (χ1) is 6.73. The molecule has 1 heteroatoms. The summed E-state index contributed by atoms with van der Waals surface area (Å²) in [6.07, 6.45) is 6.90. The lowest BCUT2D eigenvalue weighted by molar-refractivity contribution is 0.0651. The molecular weight excluding hydrogens is 184 g/mol. The van der Waals surface area contributed by atoms with Crippen LogP contribution in [0.1, 0.15) is 60.3 Å². The van der Waals surface area contributed by atoms with Gasteiger partial charge in [-0.15, -0.1) is 0 Å². The third kappa shape index (κ3) is 3.34. The zero-order chi connectivity index (χ0) is 11.7. The van der Waals surface area contributed by atoms with Crippen molar-refractivity contribution >= 4 is 0 Å². The summed E-state index contributed by atoms with van der Waals surface area (Å²) in [5.74, 6) is 0.778. The van der Waals surface area contributed by atoms with Crippen molar-refractivity contribution in [1.29, 1.82) is 0 Å². The van der Waals surface area contributed by atoms with Crippen LogP contribution in [0.15, 0.2) is 11.6 Å². The predicted octanol–water partition coefficient (Wildman–Crippen LogP) is 3.92. The molecule has 0 spiro atoms. The van der Waals surface area contributed by atoms with Crippen molar-refractivity contribution in [3.8, 4) is 0 Å². The van der Waals surface area contributed by atoms with Crippen LogP contribution in [-0.2, 0) is 0 Å². The molecule has 0 heterocycles. The summed E-state index contributed by atoms with van der Waals surface area (Å²) in [6.45, 7) is 10.7. The maximum absolute atomic E-state index is 9.66. The summed E-state index contributed by atoms with van der Waals surface area (Å²) in [5, 5.41) is 9.66. The minimum absolute atomic E-state index is 0.375. The van der Waals surface area contributed by atoms with Crippen molar-refractivity contribution < 1.29 is 5.11 Å². The standard InChI is InChI=1S/C14H26O/c1-11-8-9-12(14(11,4)5)7-6-10-13(2,3)15/h8,12,15H,6-7,9-10H2,1-5H3. The van der Waals surface area contributed by atoms with Crippen LogP contribution in [0, 0.1) is 11.3 Å². The van der Waals surface area contributed by atoms with Gasteiger partial charge in [0, 0.05) is 0 Å². The first kappa shape index (κ1) is 12.8. The van der Waals surface area contributed by atoms with Crippen LogP contribution in [0.25, 0.3) is 0 Å². The fraction of sp³-hybridized carbons (Fsp3) is 0.857. The van der Waals surface area contributed by atoms with Gasteiger partial charge in [-0.05, 0) is 51.4 Å². The van der Waals surface area contributed by atoms with Crippen LogP contribution in [-0.4, -0.2) is 10.7 Å². The highest BCUT2D eigenvalue weighted by Crippen LogP contribution is 2.45. The predicted molar refractivity (Wildman–Crippen MR) is 65.8 cm³/mol. The molecule has 0 aliphatic heterocycles. The summed E-state index contributed by atoms with van der Waals surface area (Å²) in [4.78, 5) is 0. The third-order valence-corrected chi connectivity index (χ3v) is 4.09. The van der Waals surface area contributed by atoms with Crippen LogP contribution >= 0.6 is 0 Å². The van der Waals surface area contributed by atoms with Crippen LogP contribution in [0.5, 0.6) is 0 Å². The van der Waals surface area contributed by atoms with Gasteiger partial charge >= 0.3 is 0 Å². The maximum Gasteiger partial charge on any atom is 0.0591 e. The molecule has 0 saturated heterocycles. The summed E-state index contributed by atoms with van der Waals surface area (Å²) < 4.78 is 0. The van der Waals surface area contributed by atoms with E-state index in [0.717, 1.165) is 18.8 Å². The van der Waals surface area contributed by atoms with E-state index in [-0.39, 0.29) is 0 Å². The molecule has 0 aromatic heterocycles. The Bertz CT molecular complexity index is 243. The van der Waals surface area contributed by atoms with Gasteiger partial charge in [-0.25, -0.2) is 0 Å². The lowest BCUT2D eigenvalue weighted by Gasteiger charge is -2.30. The number of rotatable bonds is 4. The Hall–Kier alpha value is -0.300. The fourth-order valence-electron chi connectivity index (χ4n) is 2.46. The molecule has 1 aliphatic rings. The Balaban J connectivity index is 2.36. The van der Waals surface area contributed by atoms with Gasteiger partial charge in [-0.3, -0.25) is 0 Å². The second-order valence-electron chi connectivity index (χ2n) is 6.25. The first-order valence-corrected chi connectivity index (χ1v) is 6.13. The van der Waals surface area contributed by atoms with Crippen LogP contribution in [0.2, 0.25) is 0 Å². The highest BCUT2D eigenvalue weighted by Gasteiger charge is 2.34. The quantitative estimate of drug-likeness (QED) is 0.697.